The highest BCUT2D eigenvalue weighted by Gasteiger charge is 2.36. The summed E-state index contributed by atoms with van der Waals surface area (Å²) in [4.78, 5) is 0. The molecule has 3 N–H and O–H groups in total. The number of aromatic hydroxyl groups is 1. The van der Waals surface area contributed by atoms with Crippen LogP contribution in [0.4, 0.5) is 26.3 Å². The molecule has 1 aromatic rings. The molecular formula is C8H6BF6O3. The van der Waals surface area contributed by atoms with E-state index in [1.807, 2.05) is 0 Å². The summed E-state index contributed by atoms with van der Waals surface area (Å²) in [6.45, 7) is 0. The van der Waals surface area contributed by atoms with Crippen molar-refractivity contribution in [3.8, 4) is 5.75 Å². The summed E-state index contributed by atoms with van der Waals surface area (Å²) in [5.74, 6) is -1.07. The fourth-order valence-electron chi connectivity index (χ4n) is 0.939. The van der Waals surface area contributed by atoms with Crippen LogP contribution in [0.25, 0.3) is 0 Å². The third-order valence-corrected chi connectivity index (χ3v) is 1.57. The van der Waals surface area contributed by atoms with Gasteiger partial charge in [0, 0.05) is 0 Å². The van der Waals surface area contributed by atoms with Gasteiger partial charge >= 0.3 is 20.0 Å². The van der Waals surface area contributed by atoms with Crippen LogP contribution in [0.2, 0.25) is 0 Å². The van der Waals surface area contributed by atoms with Gasteiger partial charge in [0.15, 0.2) is 0 Å². The van der Waals surface area contributed by atoms with Gasteiger partial charge in [-0.25, -0.2) is 0 Å². The van der Waals surface area contributed by atoms with Crippen LogP contribution in [0.15, 0.2) is 18.2 Å². The van der Waals surface area contributed by atoms with Gasteiger partial charge in [-0.05, 0) is 18.2 Å². The number of phenols is 1. The molecule has 0 saturated carbocycles. The molecule has 18 heavy (non-hydrogen) atoms. The molecule has 0 aliphatic heterocycles. The van der Waals surface area contributed by atoms with E-state index < -0.39 is 29.2 Å². The van der Waals surface area contributed by atoms with Gasteiger partial charge in [-0.15, -0.1) is 0 Å². The molecule has 0 aliphatic carbocycles. The minimum Gasteiger partial charge on any atom is -0.508 e. The van der Waals surface area contributed by atoms with Gasteiger partial charge in [-0.1, -0.05) is 0 Å². The molecule has 10 heteroatoms. The lowest BCUT2D eigenvalue weighted by Gasteiger charge is -2.11. The Morgan fingerprint density at radius 2 is 1.06 bits per heavy atom. The molecule has 0 amide bonds. The van der Waals surface area contributed by atoms with Gasteiger partial charge in [0.2, 0.25) is 0 Å². The Balaban J connectivity index is 0.000000873. The average molecular weight is 275 g/mol. The van der Waals surface area contributed by atoms with Crippen LogP contribution < -0.4 is 0 Å². The SMILES string of the molecule is O[B]O.Oc1cc(C(F)(F)F)cc(C(F)(F)F)c1. The fourth-order valence-corrected chi connectivity index (χ4v) is 0.939. The molecule has 0 saturated heterocycles. The lowest BCUT2D eigenvalue weighted by Crippen LogP contribution is -2.10. The third kappa shape index (κ3) is 5.28. The Bertz CT molecular complexity index is 357. The highest BCUT2D eigenvalue weighted by atomic mass is 19.4. The summed E-state index contributed by atoms with van der Waals surface area (Å²) < 4.78 is 72.3. The van der Waals surface area contributed by atoms with E-state index in [0.717, 1.165) is 0 Å². The van der Waals surface area contributed by atoms with Crippen molar-refractivity contribution < 1.29 is 41.5 Å². The number of alkyl halides is 6. The molecule has 0 fully saturated rings. The quantitative estimate of drug-likeness (QED) is 0.501. The van der Waals surface area contributed by atoms with Crippen LogP contribution in [-0.2, 0) is 12.4 Å². The van der Waals surface area contributed by atoms with Crippen LogP contribution in [0, 0.1) is 0 Å². The van der Waals surface area contributed by atoms with Crippen LogP contribution in [0.1, 0.15) is 11.1 Å². The van der Waals surface area contributed by atoms with Crippen LogP contribution >= 0.6 is 0 Å². The largest absolute Gasteiger partial charge is 0.508 e. The summed E-state index contributed by atoms with van der Waals surface area (Å²) in [5, 5.41) is 22.7. The highest BCUT2D eigenvalue weighted by Crippen LogP contribution is 2.37. The maximum absolute atomic E-state index is 12.1. The summed E-state index contributed by atoms with van der Waals surface area (Å²) in [7, 11) is 0. The highest BCUT2D eigenvalue weighted by molar-refractivity contribution is 6.13. The first-order valence-electron chi connectivity index (χ1n) is 4.11. The molecule has 1 rings (SSSR count). The topological polar surface area (TPSA) is 60.7 Å². The first-order valence-corrected chi connectivity index (χ1v) is 4.11. The van der Waals surface area contributed by atoms with Gasteiger partial charge in [-0.3, -0.25) is 0 Å². The normalized spacial score (nSPS) is 11.6. The average Bonchev–Trinajstić information content (AvgIpc) is 2.15. The van der Waals surface area contributed by atoms with Crippen molar-refractivity contribution >= 4 is 7.69 Å². The third-order valence-electron chi connectivity index (χ3n) is 1.57. The summed E-state index contributed by atoms with van der Waals surface area (Å²) in [5.41, 5.74) is -3.07. The summed E-state index contributed by atoms with van der Waals surface area (Å²) in [6, 6.07) is 0.407. The molecule has 1 aromatic carbocycles. The fraction of sp³-hybridized carbons (Fsp3) is 0.250. The van der Waals surface area contributed by atoms with Gasteiger partial charge in [0.05, 0.1) is 11.1 Å². The standard InChI is InChI=1S/C8H4F6O.BH2O2/c9-7(10,11)4-1-5(8(12,13)14)3-6(15)2-4;2-1-3/h1-3,15H;2-3H. The molecule has 0 bridgehead atoms. The van der Waals surface area contributed by atoms with Gasteiger partial charge in [-0.2, -0.15) is 26.3 Å². The second-order valence-electron chi connectivity index (χ2n) is 2.88. The van der Waals surface area contributed by atoms with Crippen molar-refractivity contribution in [1.29, 1.82) is 0 Å². The maximum atomic E-state index is 12.1. The van der Waals surface area contributed by atoms with Crippen molar-refractivity contribution in [2.75, 3.05) is 0 Å². The second kappa shape index (κ2) is 5.96. The molecule has 0 aliphatic rings. The van der Waals surface area contributed by atoms with Crippen molar-refractivity contribution in [3.05, 3.63) is 29.3 Å². The van der Waals surface area contributed by atoms with Gasteiger partial charge in [0.25, 0.3) is 0 Å². The van der Waals surface area contributed by atoms with E-state index in [0.29, 0.717) is 0 Å². The van der Waals surface area contributed by atoms with Gasteiger partial charge < -0.3 is 15.2 Å². The molecule has 0 spiro atoms. The first kappa shape index (κ1) is 16.6. The zero-order valence-electron chi connectivity index (χ0n) is 8.42. The number of halogens is 6. The number of rotatable bonds is 0. The Kier molecular flexibility index (Phi) is 5.49. The monoisotopic (exact) mass is 275 g/mol. The lowest BCUT2D eigenvalue weighted by atomic mass is 10.1. The molecule has 3 nitrogen and oxygen atoms in total. The van der Waals surface area contributed by atoms with E-state index >= 15 is 0 Å². The number of hydrogen-bond donors (Lipinski definition) is 3. The summed E-state index contributed by atoms with van der Waals surface area (Å²) >= 11 is 0. The van der Waals surface area contributed by atoms with Crippen LogP contribution in [-0.4, -0.2) is 22.8 Å². The number of benzene rings is 1. The van der Waals surface area contributed by atoms with E-state index in [9.17, 15) is 26.3 Å². The Morgan fingerprint density at radius 3 is 1.28 bits per heavy atom. The van der Waals surface area contributed by atoms with Crippen LogP contribution in [0.3, 0.4) is 0 Å². The number of phenolic OH excluding ortho intramolecular Hbond substituents is 1. The maximum Gasteiger partial charge on any atom is 0.482 e. The second-order valence-corrected chi connectivity index (χ2v) is 2.88. The molecule has 101 valence electrons. The number of hydrogen-bond acceptors (Lipinski definition) is 3. The molecular weight excluding hydrogens is 269 g/mol. The van der Waals surface area contributed by atoms with E-state index in [1.165, 1.54) is 0 Å². The smallest absolute Gasteiger partial charge is 0.482 e. The van der Waals surface area contributed by atoms with Crippen molar-refractivity contribution in [3.63, 3.8) is 0 Å². The Morgan fingerprint density at radius 1 is 0.778 bits per heavy atom. The lowest BCUT2D eigenvalue weighted by molar-refractivity contribution is -0.143. The zero-order chi connectivity index (χ0) is 14.6. The van der Waals surface area contributed by atoms with Crippen molar-refractivity contribution in [1.82, 2.24) is 0 Å². The molecule has 0 atom stereocenters. The Labute approximate surface area is 97.6 Å². The molecule has 0 unspecified atom stereocenters. The zero-order valence-corrected chi connectivity index (χ0v) is 8.42. The van der Waals surface area contributed by atoms with E-state index in [-0.39, 0.29) is 25.9 Å². The molecule has 1 radical (unpaired) electrons. The predicted molar refractivity (Wildman–Crippen MR) is 48.3 cm³/mol. The first-order chi connectivity index (χ1) is 8.02. The van der Waals surface area contributed by atoms with E-state index in [2.05, 4.69) is 0 Å². The van der Waals surface area contributed by atoms with E-state index in [1.54, 1.807) is 0 Å². The molecule has 0 heterocycles. The van der Waals surface area contributed by atoms with Crippen molar-refractivity contribution in [2.24, 2.45) is 0 Å². The minimum atomic E-state index is -4.92. The summed E-state index contributed by atoms with van der Waals surface area (Å²) in [6.07, 6.45) is -9.84. The predicted octanol–water partition coefficient (Wildman–Crippen LogP) is 1.93. The van der Waals surface area contributed by atoms with Gasteiger partial charge in [0.1, 0.15) is 5.75 Å². The van der Waals surface area contributed by atoms with E-state index in [4.69, 9.17) is 15.2 Å². The van der Waals surface area contributed by atoms with Crippen LogP contribution in [0.5, 0.6) is 5.75 Å². The van der Waals surface area contributed by atoms with Crippen molar-refractivity contribution in [2.45, 2.75) is 12.4 Å². The molecule has 0 aromatic heterocycles. The minimum absolute atomic E-state index is 0. The Hall–Kier alpha value is -1.42.